The maximum absolute atomic E-state index is 10.5. The third-order valence-electron chi connectivity index (χ3n) is 4.50. The molecule has 0 aliphatic carbocycles. The molecule has 0 saturated carbocycles. The molecule has 3 rings (SSSR count). The van der Waals surface area contributed by atoms with E-state index in [4.69, 9.17) is 9.72 Å². The fraction of sp³-hybridized carbons (Fsp3) is 0.500. The lowest BCUT2D eigenvalue weighted by Crippen LogP contribution is -2.34. The van der Waals surface area contributed by atoms with Gasteiger partial charge in [-0.15, -0.1) is 24.8 Å². The van der Waals surface area contributed by atoms with E-state index < -0.39 is 6.10 Å². The number of nitrogens with zero attached hydrogens (tertiary/aromatic N) is 3. The molecule has 0 bridgehead atoms. The Balaban J connectivity index is 0.00000169. The number of hydrogen-bond acceptors (Lipinski definition) is 5. The van der Waals surface area contributed by atoms with E-state index in [1.807, 2.05) is 24.3 Å². The van der Waals surface area contributed by atoms with Gasteiger partial charge >= 0.3 is 0 Å². The summed E-state index contributed by atoms with van der Waals surface area (Å²) < 4.78 is 7.39. The zero-order valence-electron chi connectivity index (χ0n) is 15.3. The second-order valence-electron chi connectivity index (χ2n) is 6.05. The molecule has 2 aromatic rings. The minimum absolute atomic E-state index is 0. The first-order valence-electron chi connectivity index (χ1n) is 8.34. The van der Waals surface area contributed by atoms with E-state index in [-0.39, 0.29) is 24.8 Å². The second-order valence-corrected chi connectivity index (χ2v) is 7.29. The number of methoxy groups -OCH3 is 1. The summed E-state index contributed by atoms with van der Waals surface area (Å²) in [4.78, 5) is 7.06. The van der Waals surface area contributed by atoms with Crippen molar-refractivity contribution in [2.45, 2.75) is 31.1 Å². The van der Waals surface area contributed by atoms with Crippen LogP contribution in [0.4, 0.5) is 0 Å². The summed E-state index contributed by atoms with van der Waals surface area (Å²) in [5, 5.41) is 11.6. The quantitative estimate of drug-likeness (QED) is 0.726. The van der Waals surface area contributed by atoms with Crippen LogP contribution < -0.4 is 4.74 Å². The van der Waals surface area contributed by atoms with Crippen molar-refractivity contribution < 1.29 is 9.84 Å². The molecule has 0 fully saturated rings. The number of halogens is 2. The van der Waals surface area contributed by atoms with Crippen LogP contribution in [-0.4, -0.2) is 45.5 Å². The molecule has 1 aliphatic heterocycles. The van der Waals surface area contributed by atoms with E-state index in [9.17, 15) is 5.11 Å². The molecule has 1 atom stereocenters. The van der Waals surface area contributed by atoms with Crippen molar-refractivity contribution in [1.82, 2.24) is 14.5 Å². The van der Waals surface area contributed by atoms with Crippen molar-refractivity contribution in [1.29, 1.82) is 0 Å². The normalized spacial score (nSPS) is 14.8. The molecule has 1 N–H and O–H groups in total. The van der Waals surface area contributed by atoms with E-state index in [2.05, 4.69) is 23.4 Å². The van der Waals surface area contributed by atoms with Crippen LogP contribution in [0.25, 0.3) is 0 Å². The number of benzene rings is 1. The highest BCUT2D eigenvalue weighted by molar-refractivity contribution is 7.99. The van der Waals surface area contributed by atoms with Gasteiger partial charge in [-0.25, -0.2) is 4.98 Å². The number of hydrogen-bond donors (Lipinski definition) is 1. The number of thioether (sulfide) groups is 1. The maximum Gasteiger partial charge on any atom is 0.168 e. The number of fused-ring (bicyclic) bond motifs is 1. The van der Waals surface area contributed by atoms with Crippen molar-refractivity contribution >= 4 is 36.6 Å². The summed E-state index contributed by atoms with van der Waals surface area (Å²) in [5.41, 5.74) is 3.41. The summed E-state index contributed by atoms with van der Waals surface area (Å²) in [7, 11) is 3.75. The smallest absolute Gasteiger partial charge is 0.168 e. The highest BCUT2D eigenvalue weighted by atomic mass is 35.5. The second kappa shape index (κ2) is 10.4. The van der Waals surface area contributed by atoms with E-state index in [0.29, 0.717) is 6.54 Å². The van der Waals surface area contributed by atoms with Gasteiger partial charge in [0, 0.05) is 38.8 Å². The van der Waals surface area contributed by atoms with Gasteiger partial charge in [0.05, 0.1) is 18.9 Å². The van der Waals surface area contributed by atoms with Crippen LogP contribution in [0.3, 0.4) is 0 Å². The van der Waals surface area contributed by atoms with E-state index in [0.717, 1.165) is 47.4 Å². The zero-order valence-corrected chi connectivity index (χ0v) is 17.8. The molecule has 1 aromatic carbocycles. The fourth-order valence-electron chi connectivity index (χ4n) is 3.15. The third kappa shape index (κ3) is 5.08. The Kier molecular flexibility index (Phi) is 9.27. The SMILES string of the molecule is CCSc1nc2c(n1C)CCN(CC(O)c1ccc(OC)cc1)C2.Cl.Cl. The van der Waals surface area contributed by atoms with Crippen LogP contribution in [0.5, 0.6) is 5.75 Å². The van der Waals surface area contributed by atoms with Crippen LogP contribution >= 0.6 is 36.6 Å². The van der Waals surface area contributed by atoms with Crippen molar-refractivity contribution in [2.75, 3.05) is 26.0 Å². The molecule has 5 nitrogen and oxygen atoms in total. The number of rotatable bonds is 6. The van der Waals surface area contributed by atoms with Gasteiger partial charge in [0.15, 0.2) is 5.16 Å². The molecule has 0 saturated heterocycles. The van der Waals surface area contributed by atoms with Gasteiger partial charge in [0.25, 0.3) is 0 Å². The largest absolute Gasteiger partial charge is 0.497 e. The van der Waals surface area contributed by atoms with Gasteiger partial charge in [-0.05, 0) is 23.4 Å². The molecule has 26 heavy (non-hydrogen) atoms. The molecule has 1 aromatic heterocycles. The number of ether oxygens (including phenoxy) is 1. The topological polar surface area (TPSA) is 50.5 Å². The Morgan fingerprint density at radius 3 is 2.58 bits per heavy atom. The molecule has 1 unspecified atom stereocenters. The minimum atomic E-state index is -0.495. The molecular weight excluding hydrogens is 393 g/mol. The molecule has 0 radical (unpaired) electrons. The summed E-state index contributed by atoms with van der Waals surface area (Å²) in [6, 6.07) is 7.63. The van der Waals surface area contributed by atoms with Gasteiger partial charge in [0.2, 0.25) is 0 Å². The molecule has 2 heterocycles. The van der Waals surface area contributed by atoms with Gasteiger partial charge in [-0.3, -0.25) is 4.90 Å². The summed E-state index contributed by atoms with van der Waals surface area (Å²) in [6.45, 7) is 4.53. The maximum atomic E-state index is 10.5. The Morgan fingerprint density at radius 1 is 1.27 bits per heavy atom. The average molecular weight is 420 g/mol. The third-order valence-corrected chi connectivity index (χ3v) is 5.41. The standard InChI is InChI=1S/C18H25N3O2S.2ClH/c1-4-24-18-19-15-11-21(10-9-16(15)20(18)2)12-17(22)13-5-7-14(23-3)8-6-13;;/h5-8,17,22H,4,9-12H2,1-3H3;2*1H. The molecule has 0 amide bonds. The first-order valence-corrected chi connectivity index (χ1v) is 9.32. The molecule has 0 spiro atoms. The van der Waals surface area contributed by atoms with Crippen LogP contribution in [0.15, 0.2) is 29.4 Å². The van der Waals surface area contributed by atoms with Crippen molar-refractivity contribution in [3.63, 3.8) is 0 Å². The number of imidazole rings is 1. The number of β-amino-alcohol motifs (C(OH)–C–C–N with tert-alkyl or cyclic N) is 1. The number of aliphatic hydroxyl groups is 1. The highest BCUT2D eigenvalue weighted by Gasteiger charge is 2.24. The Morgan fingerprint density at radius 2 is 1.96 bits per heavy atom. The minimum Gasteiger partial charge on any atom is -0.497 e. The molecule has 8 heteroatoms. The van der Waals surface area contributed by atoms with Crippen LogP contribution in [0.2, 0.25) is 0 Å². The first-order chi connectivity index (χ1) is 11.6. The van der Waals surface area contributed by atoms with Crippen molar-refractivity contribution in [2.24, 2.45) is 7.05 Å². The van der Waals surface area contributed by atoms with E-state index in [1.165, 1.54) is 5.69 Å². The lowest BCUT2D eigenvalue weighted by molar-refractivity contribution is 0.104. The van der Waals surface area contributed by atoms with E-state index >= 15 is 0 Å². The summed E-state index contributed by atoms with van der Waals surface area (Å²) in [6.07, 6.45) is 0.490. The highest BCUT2D eigenvalue weighted by Crippen LogP contribution is 2.26. The first kappa shape index (κ1) is 23.1. The monoisotopic (exact) mass is 419 g/mol. The predicted octanol–water partition coefficient (Wildman–Crippen LogP) is 3.48. The van der Waals surface area contributed by atoms with E-state index in [1.54, 1.807) is 18.9 Å². The number of aliphatic hydroxyl groups excluding tert-OH is 1. The van der Waals surface area contributed by atoms with Gasteiger partial charge in [0.1, 0.15) is 5.75 Å². The predicted molar refractivity (Wildman–Crippen MR) is 111 cm³/mol. The zero-order chi connectivity index (χ0) is 17.1. The summed E-state index contributed by atoms with van der Waals surface area (Å²) >= 11 is 1.78. The van der Waals surface area contributed by atoms with Crippen LogP contribution in [-0.2, 0) is 20.0 Å². The number of aromatic nitrogens is 2. The lowest BCUT2D eigenvalue weighted by Gasteiger charge is -2.28. The van der Waals surface area contributed by atoms with Crippen molar-refractivity contribution in [3.8, 4) is 5.75 Å². The average Bonchev–Trinajstić information content (AvgIpc) is 2.91. The summed E-state index contributed by atoms with van der Waals surface area (Å²) in [5.74, 6) is 1.84. The van der Waals surface area contributed by atoms with Gasteiger partial charge in [-0.1, -0.05) is 30.8 Å². The fourth-order valence-corrected chi connectivity index (χ4v) is 3.88. The molecule has 1 aliphatic rings. The lowest BCUT2D eigenvalue weighted by atomic mass is 10.1. The Labute approximate surface area is 172 Å². The molecular formula is C18H27Cl2N3O2S. The Bertz CT molecular complexity index is 694. The van der Waals surface area contributed by atoms with Gasteiger partial charge < -0.3 is 14.4 Å². The van der Waals surface area contributed by atoms with Crippen LogP contribution in [0.1, 0.15) is 30.0 Å². The molecule has 146 valence electrons. The van der Waals surface area contributed by atoms with Crippen LogP contribution in [0, 0.1) is 0 Å². The van der Waals surface area contributed by atoms with Gasteiger partial charge in [-0.2, -0.15) is 0 Å². The Hall–Kier alpha value is -0.920. The van der Waals surface area contributed by atoms with Crippen molar-refractivity contribution in [3.05, 3.63) is 41.2 Å².